The minimum absolute atomic E-state index is 0.203. The molecule has 1 aromatic rings. The molecule has 1 radical (unpaired) electrons. The highest BCUT2D eigenvalue weighted by Crippen LogP contribution is 2.07. The maximum atomic E-state index is 6.82. The van der Waals surface area contributed by atoms with E-state index in [1.165, 1.54) is 0 Å². The third-order valence-corrected chi connectivity index (χ3v) is 1.04. The Labute approximate surface area is 64.6 Å². The van der Waals surface area contributed by atoms with Crippen LogP contribution >= 0.6 is 12.2 Å². The Bertz CT molecular complexity index is 222. The predicted molar refractivity (Wildman–Crippen MR) is 42.8 cm³/mol. The molecule has 0 heterocycles. The van der Waals surface area contributed by atoms with E-state index in [1.54, 1.807) is 12.1 Å². The molecule has 10 heavy (non-hydrogen) atoms. The Balaban J connectivity index is 2.67. The van der Waals surface area contributed by atoms with E-state index in [-0.39, 0.29) is 5.17 Å². The van der Waals surface area contributed by atoms with E-state index in [4.69, 9.17) is 10.5 Å². The smallest absolute Gasteiger partial charge is 0.281 e. The zero-order chi connectivity index (χ0) is 7.40. The lowest BCUT2D eigenvalue weighted by Gasteiger charge is -1.98. The summed E-state index contributed by atoms with van der Waals surface area (Å²) in [6.07, 6.45) is 0. The predicted octanol–water partition coefficient (Wildman–Crippen LogP) is 1.63. The molecule has 0 fully saturated rings. The average molecular weight is 152 g/mol. The van der Waals surface area contributed by atoms with Gasteiger partial charge in [-0.3, -0.25) is 5.73 Å². The first-order valence-corrected chi connectivity index (χ1v) is 3.18. The van der Waals surface area contributed by atoms with E-state index in [0.29, 0.717) is 5.75 Å². The molecule has 51 valence electrons. The zero-order valence-electron chi connectivity index (χ0n) is 5.20. The molecule has 0 saturated heterocycles. The topological polar surface area (TPSA) is 33.0 Å². The Kier molecular flexibility index (Phi) is 2.23. The third kappa shape index (κ3) is 2.03. The fourth-order valence-corrected chi connectivity index (χ4v) is 0.692. The van der Waals surface area contributed by atoms with Crippen LogP contribution in [-0.4, -0.2) is 5.17 Å². The minimum Gasteiger partial charge on any atom is -0.431 e. The van der Waals surface area contributed by atoms with Crippen LogP contribution in [0.2, 0.25) is 0 Å². The molecular formula is C7H6NOS. The van der Waals surface area contributed by atoms with Crippen LogP contribution in [0, 0.1) is 0 Å². The van der Waals surface area contributed by atoms with Gasteiger partial charge in [0, 0.05) is 0 Å². The lowest BCUT2D eigenvalue weighted by molar-refractivity contribution is 0.555. The molecule has 1 rings (SSSR count). The molecule has 0 aromatic heterocycles. The van der Waals surface area contributed by atoms with E-state index < -0.39 is 0 Å². The van der Waals surface area contributed by atoms with Crippen LogP contribution in [-0.2, 0) is 0 Å². The van der Waals surface area contributed by atoms with Crippen molar-refractivity contribution < 1.29 is 4.74 Å². The first-order valence-electron chi connectivity index (χ1n) is 2.77. The van der Waals surface area contributed by atoms with Crippen LogP contribution in [0.4, 0.5) is 0 Å². The summed E-state index contributed by atoms with van der Waals surface area (Å²) < 4.78 is 4.81. The SMILES string of the molecule is [NH]C(=S)Oc1ccccc1. The second-order valence-electron chi connectivity index (χ2n) is 1.70. The number of benzene rings is 1. The Morgan fingerprint density at radius 3 is 2.40 bits per heavy atom. The third-order valence-electron chi connectivity index (χ3n) is 0.954. The van der Waals surface area contributed by atoms with Crippen molar-refractivity contribution in [3.63, 3.8) is 0 Å². The van der Waals surface area contributed by atoms with Gasteiger partial charge in [0.15, 0.2) is 0 Å². The van der Waals surface area contributed by atoms with Gasteiger partial charge in [0.25, 0.3) is 5.17 Å². The van der Waals surface area contributed by atoms with Gasteiger partial charge >= 0.3 is 0 Å². The number of rotatable bonds is 1. The quantitative estimate of drug-likeness (QED) is 0.573. The molecule has 0 spiro atoms. The zero-order valence-corrected chi connectivity index (χ0v) is 6.02. The summed E-state index contributed by atoms with van der Waals surface area (Å²) in [6, 6.07) is 9.03. The number of para-hydroxylation sites is 1. The molecule has 0 aliphatic heterocycles. The molecule has 0 unspecified atom stereocenters. The molecule has 0 aliphatic rings. The normalized spacial score (nSPS) is 8.80. The number of hydrogen-bond donors (Lipinski definition) is 0. The van der Waals surface area contributed by atoms with Crippen LogP contribution in [0.5, 0.6) is 5.75 Å². The second-order valence-corrected chi connectivity index (χ2v) is 2.07. The molecule has 0 atom stereocenters. The lowest BCUT2D eigenvalue weighted by atomic mass is 10.3. The van der Waals surface area contributed by atoms with Gasteiger partial charge in [-0.15, -0.1) is 0 Å². The highest BCUT2D eigenvalue weighted by Gasteiger charge is 1.91. The van der Waals surface area contributed by atoms with Crippen molar-refractivity contribution in [3.8, 4) is 5.75 Å². The van der Waals surface area contributed by atoms with Gasteiger partial charge in [-0.2, -0.15) is 0 Å². The fourth-order valence-electron chi connectivity index (χ4n) is 0.596. The van der Waals surface area contributed by atoms with Crippen molar-refractivity contribution in [2.24, 2.45) is 0 Å². The van der Waals surface area contributed by atoms with E-state index in [0.717, 1.165) is 0 Å². The summed E-state index contributed by atoms with van der Waals surface area (Å²) in [5, 5.41) is -0.203. The number of ether oxygens (including phenoxy) is 1. The van der Waals surface area contributed by atoms with Crippen molar-refractivity contribution >= 4 is 17.4 Å². The summed E-state index contributed by atoms with van der Waals surface area (Å²) in [6.45, 7) is 0. The van der Waals surface area contributed by atoms with Crippen LogP contribution in [0.3, 0.4) is 0 Å². The van der Waals surface area contributed by atoms with Gasteiger partial charge in [0.1, 0.15) is 5.75 Å². The van der Waals surface area contributed by atoms with E-state index in [1.807, 2.05) is 18.2 Å². The van der Waals surface area contributed by atoms with Crippen LogP contribution in [0.15, 0.2) is 30.3 Å². The van der Waals surface area contributed by atoms with Crippen LogP contribution < -0.4 is 10.5 Å². The highest BCUT2D eigenvalue weighted by atomic mass is 32.1. The van der Waals surface area contributed by atoms with E-state index in [2.05, 4.69) is 12.2 Å². The molecule has 1 aromatic carbocycles. The van der Waals surface area contributed by atoms with Crippen molar-refractivity contribution in [1.29, 1.82) is 0 Å². The van der Waals surface area contributed by atoms with Gasteiger partial charge in [-0.25, -0.2) is 0 Å². The maximum absolute atomic E-state index is 6.82. The van der Waals surface area contributed by atoms with Gasteiger partial charge in [0.2, 0.25) is 0 Å². The molecule has 0 aliphatic carbocycles. The van der Waals surface area contributed by atoms with E-state index >= 15 is 0 Å². The van der Waals surface area contributed by atoms with Gasteiger partial charge in [-0.1, -0.05) is 18.2 Å². The van der Waals surface area contributed by atoms with Gasteiger partial charge in [-0.05, 0) is 24.4 Å². The largest absolute Gasteiger partial charge is 0.431 e. The summed E-state index contributed by atoms with van der Waals surface area (Å²) in [5.41, 5.74) is 6.82. The Hall–Kier alpha value is -1.09. The molecule has 0 bridgehead atoms. The lowest BCUT2D eigenvalue weighted by Crippen LogP contribution is -2.04. The van der Waals surface area contributed by atoms with E-state index in [9.17, 15) is 0 Å². The summed E-state index contributed by atoms with van der Waals surface area (Å²) in [5.74, 6) is 0.613. The van der Waals surface area contributed by atoms with Crippen molar-refractivity contribution in [1.82, 2.24) is 5.73 Å². The fraction of sp³-hybridized carbons (Fsp3) is 0. The number of nitrogens with one attached hydrogen (secondary N) is 1. The summed E-state index contributed by atoms with van der Waals surface area (Å²) in [7, 11) is 0. The first kappa shape index (κ1) is 7.02. The monoisotopic (exact) mass is 152 g/mol. The molecule has 0 amide bonds. The highest BCUT2D eigenvalue weighted by molar-refractivity contribution is 7.80. The summed E-state index contributed by atoms with van der Waals surface area (Å²) >= 11 is 4.42. The standard InChI is InChI=1S/C7H6NOS/c8-7(10)9-6-4-2-1-3-5-6/h1-5,8H. The Morgan fingerprint density at radius 1 is 1.30 bits per heavy atom. The first-order chi connectivity index (χ1) is 4.79. The van der Waals surface area contributed by atoms with Crippen molar-refractivity contribution in [3.05, 3.63) is 30.3 Å². The number of thiocarbonyl (C=S) groups is 1. The maximum Gasteiger partial charge on any atom is 0.281 e. The molecule has 1 N–H and O–H groups in total. The van der Waals surface area contributed by atoms with Gasteiger partial charge in [0.05, 0.1) is 0 Å². The number of hydrogen-bond acceptors (Lipinski definition) is 2. The molecule has 3 heteroatoms. The average Bonchev–Trinajstić information content (AvgIpc) is 1.88. The Morgan fingerprint density at radius 2 is 1.90 bits per heavy atom. The van der Waals surface area contributed by atoms with Crippen LogP contribution in [0.1, 0.15) is 0 Å². The van der Waals surface area contributed by atoms with Crippen molar-refractivity contribution in [2.75, 3.05) is 0 Å². The molecule has 2 nitrogen and oxygen atoms in total. The summed E-state index contributed by atoms with van der Waals surface area (Å²) in [4.78, 5) is 0. The molecule has 0 saturated carbocycles. The second kappa shape index (κ2) is 3.17. The minimum atomic E-state index is -0.203. The van der Waals surface area contributed by atoms with Gasteiger partial charge < -0.3 is 4.74 Å². The van der Waals surface area contributed by atoms with Crippen LogP contribution in [0.25, 0.3) is 0 Å². The molecular weight excluding hydrogens is 146 g/mol. The van der Waals surface area contributed by atoms with Crippen molar-refractivity contribution in [2.45, 2.75) is 0 Å².